The van der Waals surface area contributed by atoms with Gasteiger partial charge in [0.2, 0.25) is 5.91 Å². The minimum Gasteiger partial charge on any atom is -0.353 e. The van der Waals surface area contributed by atoms with Crippen molar-refractivity contribution in [1.29, 1.82) is 0 Å². The van der Waals surface area contributed by atoms with E-state index in [9.17, 15) is 4.79 Å². The minimum atomic E-state index is 0.122. The number of carbonyl (C=O) groups is 1. The highest BCUT2D eigenvalue weighted by Gasteiger charge is 2.06. The van der Waals surface area contributed by atoms with Gasteiger partial charge in [-0.05, 0) is 32.4 Å². The zero-order valence-electron chi connectivity index (χ0n) is 10.8. The third kappa shape index (κ3) is 5.78. The third-order valence-electron chi connectivity index (χ3n) is 2.52. The smallest absolute Gasteiger partial charge is 0.230 e. The molecule has 3 heteroatoms. The summed E-state index contributed by atoms with van der Waals surface area (Å²) in [5.41, 5.74) is 1.25. The van der Waals surface area contributed by atoms with E-state index in [4.69, 9.17) is 0 Å². The molecule has 17 heavy (non-hydrogen) atoms. The van der Waals surface area contributed by atoms with E-state index >= 15 is 0 Å². The van der Waals surface area contributed by atoms with Gasteiger partial charge in [-0.25, -0.2) is 0 Å². The molecule has 1 amide bonds. The van der Waals surface area contributed by atoms with Crippen molar-refractivity contribution >= 4 is 17.7 Å². The highest BCUT2D eigenvalue weighted by Crippen LogP contribution is 2.17. The maximum atomic E-state index is 11.6. The number of nitrogens with one attached hydrogen (secondary N) is 1. The number of benzene rings is 1. The minimum absolute atomic E-state index is 0.122. The fraction of sp³-hybridized carbons (Fsp3) is 0.500. The van der Waals surface area contributed by atoms with Crippen molar-refractivity contribution < 1.29 is 4.79 Å². The molecule has 1 aromatic rings. The van der Waals surface area contributed by atoms with Crippen molar-refractivity contribution in [1.82, 2.24) is 5.32 Å². The summed E-state index contributed by atoms with van der Waals surface area (Å²) in [7, 11) is 0. The van der Waals surface area contributed by atoms with Gasteiger partial charge in [-0.1, -0.05) is 31.0 Å². The summed E-state index contributed by atoms with van der Waals surface area (Å²) in [6, 6.07) is 8.54. The number of hydrogen-bond acceptors (Lipinski definition) is 2. The Hall–Kier alpha value is -0.960. The van der Waals surface area contributed by atoms with Gasteiger partial charge in [0.1, 0.15) is 0 Å². The van der Waals surface area contributed by atoms with E-state index in [1.54, 1.807) is 11.8 Å². The largest absolute Gasteiger partial charge is 0.353 e. The molecular weight excluding hydrogens is 230 g/mol. The first-order valence-electron chi connectivity index (χ1n) is 6.10. The van der Waals surface area contributed by atoms with Crippen LogP contribution in [-0.2, 0) is 4.79 Å². The van der Waals surface area contributed by atoms with Crippen molar-refractivity contribution in [3.8, 4) is 0 Å². The van der Waals surface area contributed by atoms with E-state index in [0.717, 1.165) is 17.7 Å². The average molecular weight is 251 g/mol. The van der Waals surface area contributed by atoms with Gasteiger partial charge >= 0.3 is 0 Å². The molecule has 1 rings (SSSR count). The molecule has 0 bridgehead atoms. The number of amides is 1. The third-order valence-corrected chi connectivity index (χ3v) is 3.53. The van der Waals surface area contributed by atoms with E-state index in [2.05, 4.69) is 50.4 Å². The summed E-state index contributed by atoms with van der Waals surface area (Å²) < 4.78 is 0. The lowest BCUT2D eigenvalue weighted by atomic mass is 10.2. The molecule has 0 radical (unpaired) electrons. The van der Waals surface area contributed by atoms with Crippen LogP contribution in [0.3, 0.4) is 0 Å². The molecule has 0 saturated heterocycles. The second kappa shape index (κ2) is 7.38. The Labute approximate surface area is 108 Å². The van der Waals surface area contributed by atoms with E-state index in [0.29, 0.717) is 5.75 Å². The molecule has 0 spiro atoms. The zero-order valence-corrected chi connectivity index (χ0v) is 11.6. The van der Waals surface area contributed by atoms with E-state index in [-0.39, 0.29) is 11.9 Å². The first-order valence-corrected chi connectivity index (χ1v) is 7.09. The molecule has 94 valence electrons. The van der Waals surface area contributed by atoms with Crippen LogP contribution in [0.2, 0.25) is 0 Å². The first kappa shape index (κ1) is 14.1. The molecule has 0 aliphatic rings. The summed E-state index contributed by atoms with van der Waals surface area (Å²) in [5.74, 6) is 0.619. The Morgan fingerprint density at radius 2 is 2.00 bits per heavy atom. The van der Waals surface area contributed by atoms with Gasteiger partial charge in [0.15, 0.2) is 0 Å². The van der Waals surface area contributed by atoms with Gasteiger partial charge in [-0.3, -0.25) is 4.79 Å². The average Bonchev–Trinajstić information content (AvgIpc) is 2.28. The molecule has 0 fully saturated rings. The highest BCUT2D eigenvalue weighted by molar-refractivity contribution is 8.00. The maximum Gasteiger partial charge on any atom is 0.230 e. The van der Waals surface area contributed by atoms with Crippen molar-refractivity contribution in [2.24, 2.45) is 0 Å². The van der Waals surface area contributed by atoms with Gasteiger partial charge in [-0.2, -0.15) is 0 Å². The van der Waals surface area contributed by atoms with E-state index in [1.807, 2.05) is 0 Å². The maximum absolute atomic E-state index is 11.6. The predicted octanol–water partition coefficient (Wildman–Crippen LogP) is 3.39. The molecule has 0 aliphatic heterocycles. The van der Waals surface area contributed by atoms with E-state index in [1.165, 1.54) is 5.56 Å². The lowest BCUT2D eigenvalue weighted by molar-refractivity contribution is -0.119. The topological polar surface area (TPSA) is 29.1 Å². The van der Waals surface area contributed by atoms with Crippen LogP contribution in [0.25, 0.3) is 0 Å². The van der Waals surface area contributed by atoms with Crippen LogP contribution in [0.4, 0.5) is 0 Å². The number of carbonyl (C=O) groups excluding carboxylic acids is 1. The lowest BCUT2D eigenvalue weighted by Crippen LogP contribution is -2.33. The summed E-state index contributed by atoms with van der Waals surface area (Å²) in [6.45, 7) is 6.25. The number of aryl methyl sites for hydroxylation is 1. The molecule has 0 saturated carbocycles. The SMILES string of the molecule is CCC[C@@H](C)NC(=O)CSc1ccc(C)cc1. The van der Waals surface area contributed by atoms with Crippen molar-refractivity contribution in [2.75, 3.05) is 5.75 Å². The second-order valence-electron chi connectivity index (χ2n) is 4.36. The molecule has 1 aromatic carbocycles. The molecule has 0 unspecified atom stereocenters. The normalized spacial score (nSPS) is 12.2. The molecule has 1 atom stereocenters. The number of rotatable bonds is 6. The second-order valence-corrected chi connectivity index (χ2v) is 5.41. The van der Waals surface area contributed by atoms with Gasteiger partial charge in [-0.15, -0.1) is 11.8 Å². The number of thioether (sulfide) groups is 1. The Morgan fingerprint density at radius 1 is 1.35 bits per heavy atom. The Morgan fingerprint density at radius 3 is 2.59 bits per heavy atom. The van der Waals surface area contributed by atoms with Crippen LogP contribution in [-0.4, -0.2) is 17.7 Å². The molecule has 0 aromatic heterocycles. The monoisotopic (exact) mass is 251 g/mol. The van der Waals surface area contributed by atoms with Crippen LogP contribution < -0.4 is 5.32 Å². The van der Waals surface area contributed by atoms with Crippen molar-refractivity contribution in [3.05, 3.63) is 29.8 Å². The van der Waals surface area contributed by atoms with Crippen LogP contribution in [0.1, 0.15) is 32.3 Å². The fourth-order valence-corrected chi connectivity index (χ4v) is 2.31. The quantitative estimate of drug-likeness (QED) is 0.785. The first-order chi connectivity index (χ1) is 8.11. The molecule has 1 N–H and O–H groups in total. The summed E-state index contributed by atoms with van der Waals surface area (Å²) in [4.78, 5) is 12.8. The Bertz CT molecular complexity index is 348. The zero-order chi connectivity index (χ0) is 12.7. The highest BCUT2D eigenvalue weighted by atomic mass is 32.2. The number of hydrogen-bond donors (Lipinski definition) is 1. The van der Waals surface area contributed by atoms with Gasteiger partial charge in [0.25, 0.3) is 0 Å². The van der Waals surface area contributed by atoms with Crippen LogP contribution in [0.15, 0.2) is 29.2 Å². The predicted molar refractivity (Wildman–Crippen MR) is 74.4 cm³/mol. The summed E-state index contributed by atoms with van der Waals surface area (Å²) >= 11 is 1.59. The molecule has 0 aliphatic carbocycles. The summed E-state index contributed by atoms with van der Waals surface area (Å²) in [5, 5.41) is 3.00. The van der Waals surface area contributed by atoms with Crippen molar-refractivity contribution in [3.63, 3.8) is 0 Å². The Kier molecular flexibility index (Phi) is 6.12. The van der Waals surface area contributed by atoms with Crippen LogP contribution in [0.5, 0.6) is 0 Å². The van der Waals surface area contributed by atoms with Gasteiger partial charge in [0.05, 0.1) is 5.75 Å². The van der Waals surface area contributed by atoms with Crippen LogP contribution >= 0.6 is 11.8 Å². The molecule has 0 heterocycles. The van der Waals surface area contributed by atoms with Crippen molar-refractivity contribution in [2.45, 2.75) is 44.6 Å². The van der Waals surface area contributed by atoms with Gasteiger partial charge in [0, 0.05) is 10.9 Å². The lowest BCUT2D eigenvalue weighted by Gasteiger charge is -2.12. The summed E-state index contributed by atoms with van der Waals surface area (Å²) in [6.07, 6.45) is 2.15. The fourth-order valence-electron chi connectivity index (χ4n) is 1.61. The molecular formula is C14H21NOS. The van der Waals surface area contributed by atoms with E-state index < -0.39 is 0 Å². The Balaban J connectivity index is 2.30. The van der Waals surface area contributed by atoms with Gasteiger partial charge < -0.3 is 5.32 Å². The van der Waals surface area contributed by atoms with Crippen LogP contribution in [0, 0.1) is 6.92 Å². The molecule has 2 nitrogen and oxygen atoms in total. The standard InChI is InChI=1S/C14H21NOS/c1-4-5-12(3)15-14(16)10-17-13-8-6-11(2)7-9-13/h6-9,12H,4-5,10H2,1-3H3,(H,15,16)/t12-/m1/s1.